The number of fused-ring (bicyclic) bond motifs is 1. The number of aliphatic carboxylic acids is 1. The average molecular weight is 238 g/mol. The molecule has 1 heterocycles. The predicted octanol–water partition coefficient (Wildman–Crippen LogP) is 1.10. The molecule has 1 aromatic rings. The van der Waals surface area contributed by atoms with Gasteiger partial charge in [0.25, 0.3) is 0 Å². The number of hydrogen-bond donors (Lipinski definition) is 1. The summed E-state index contributed by atoms with van der Waals surface area (Å²) in [6.45, 7) is 1.26. The molecule has 0 aromatic heterocycles. The Morgan fingerprint density at radius 1 is 1.29 bits per heavy atom. The monoisotopic (exact) mass is 238 g/mol. The fourth-order valence-corrected chi connectivity index (χ4v) is 1.59. The molecule has 2 rings (SSSR count). The molecule has 1 N–H and O–H groups in total. The van der Waals surface area contributed by atoms with E-state index in [1.54, 1.807) is 0 Å². The number of hydrogen-bond acceptors (Lipinski definition) is 4. The molecule has 5 heteroatoms. The number of benzene rings is 1. The van der Waals surface area contributed by atoms with E-state index < -0.39 is 5.97 Å². The molecule has 0 unspecified atom stereocenters. The van der Waals surface area contributed by atoms with Gasteiger partial charge in [0.2, 0.25) is 0 Å². The van der Waals surface area contributed by atoms with Crippen molar-refractivity contribution >= 4 is 5.97 Å². The Morgan fingerprint density at radius 2 is 2.06 bits per heavy atom. The van der Waals surface area contributed by atoms with E-state index in [1.807, 2.05) is 18.2 Å². The zero-order chi connectivity index (χ0) is 12.1. The average Bonchev–Trinajstić information content (AvgIpc) is 2.34. The van der Waals surface area contributed by atoms with E-state index in [0.717, 1.165) is 17.1 Å². The highest BCUT2D eigenvalue weighted by atomic mass is 16.6. The number of rotatable bonds is 5. The van der Waals surface area contributed by atoms with E-state index in [4.69, 9.17) is 19.3 Å². The van der Waals surface area contributed by atoms with Crippen LogP contribution in [0.25, 0.3) is 0 Å². The van der Waals surface area contributed by atoms with Crippen LogP contribution in [0.15, 0.2) is 18.2 Å². The van der Waals surface area contributed by atoms with Crippen LogP contribution in [0.3, 0.4) is 0 Å². The van der Waals surface area contributed by atoms with Gasteiger partial charge in [-0.05, 0) is 24.1 Å². The van der Waals surface area contributed by atoms with Crippen molar-refractivity contribution in [2.75, 3.05) is 26.4 Å². The van der Waals surface area contributed by atoms with Crippen molar-refractivity contribution in [3.63, 3.8) is 0 Å². The molecular weight excluding hydrogens is 224 g/mol. The van der Waals surface area contributed by atoms with Gasteiger partial charge in [-0.2, -0.15) is 0 Å². The van der Waals surface area contributed by atoms with Gasteiger partial charge in [-0.1, -0.05) is 6.07 Å². The minimum atomic E-state index is -0.952. The first kappa shape index (κ1) is 11.7. The van der Waals surface area contributed by atoms with Gasteiger partial charge >= 0.3 is 5.97 Å². The lowest BCUT2D eigenvalue weighted by atomic mass is 10.1. The SMILES string of the molecule is O=C(O)COCCc1ccc2c(c1)OCCO2. The molecule has 1 aromatic carbocycles. The lowest BCUT2D eigenvalue weighted by molar-refractivity contribution is -0.142. The van der Waals surface area contributed by atoms with Crippen LogP contribution < -0.4 is 9.47 Å². The van der Waals surface area contributed by atoms with E-state index in [-0.39, 0.29) is 6.61 Å². The van der Waals surface area contributed by atoms with Crippen LogP contribution in [0.4, 0.5) is 0 Å². The Labute approximate surface area is 98.9 Å². The minimum absolute atomic E-state index is 0.259. The molecule has 0 saturated carbocycles. The Kier molecular flexibility index (Phi) is 3.82. The summed E-state index contributed by atoms with van der Waals surface area (Å²) in [5, 5.41) is 8.41. The predicted molar refractivity (Wildman–Crippen MR) is 59.6 cm³/mol. The Balaban J connectivity index is 1.86. The molecule has 92 valence electrons. The summed E-state index contributed by atoms with van der Waals surface area (Å²) in [6, 6.07) is 5.69. The van der Waals surface area contributed by atoms with E-state index in [0.29, 0.717) is 26.2 Å². The second kappa shape index (κ2) is 5.54. The maximum atomic E-state index is 10.2. The molecule has 5 nitrogen and oxygen atoms in total. The third-order valence-corrected chi connectivity index (χ3v) is 2.37. The molecule has 0 radical (unpaired) electrons. The fraction of sp³-hybridized carbons (Fsp3) is 0.417. The van der Waals surface area contributed by atoms with Gasteiger partial charge in [0.05, 0.1) is 6.61 Å². The maximum Gasteiger partial charge on any atom is 0.329 e. The van der Waals surface area contributed by atoms with E-state index in [1.165, 1.54) is 0 Å². The first-order valence-electron chi connectivity index (χ1n) is 5.44. The van der Waals surface area contributed by atoms with Crippen molar-refractivity contribution in [3.8, 4) is 11.5 Å². The van der Waals surface area contributed by atoms with Gasteiger partial charge < -0.3 is 19.3 Å². The van der Waals surface area contributed by atoms with Crippen LogP contribution in [0, 0.1) is 0 Å². The van der Waals surface area contributed by atoms with Crippen molar-refractivity contribution in [1.29, 1.82) is 0 Å². The van der Waals surface area contributed by atoms with Crippen molar-refractivity contribution in [1.82, 2.24) is 0 Å². The van der Waals surface area contributed by atoms with Crippen molar-refractivity contribution < 1.29 is 24.1 Å². The summed E-state index contributed by atoms with van der Waals surface area (Å²) >= 11 is 0. The Bertz CT molecular complexity index is 402. The molecule has 0 spiro atoms. The maximum absolute atomic E-state index is 10.2. The van der Waals surface area contributed by atoms with E-state index in [2.05, 4.69) is 0 Å². The second-order valence-electron chi connectivity index (χ2n) is 3.67. The normalized spacial score (nSPS) is 13.4. The van der Waals surface area contributed by atoms with Gasteiger partial charge in [-0.3, -0.25) is 0 Å². The van der Waals surface area contributed by atoms with Gasteiger partial charge in [0.1, 0.15) is 19.8 Å². The zero-order valence-electron chi connectivity index (χ0n) is 9.35. The molecule has 0 aliphatic carbocycles. The second-order valence-corrected chi connectivity index (χ2v) is 3.67. The van der Waals surface area contributed by atoms with Crippen LogP contribution >= 0.6 is 0 Å². The van der Waals surface area contributed by atoms with Crippen molar-refractivity contribution in [3.05, 3.63) is 23.8 Å². The van der Waals surface area contributed by atoms with Gasteiger partial charge in [0, 0.05) is 0 Å². The highest BCUT2D eigenvalue weighted by Gasteiger charge is 2.11. The first-order chi connectivity index (χ1) is 8.25. The lowest BCUT2D eigenvalue weighted by Gasteiger charge is -2.18. The summed E-state index contributed by atoms with van der Waals surface area (Å²) in [5.41, 5.74) is 1.04. The fourth-order valence-electron chi connectivity index (χ4n) is 1.59. The molecular formula is C12H14O5. The van der Waals surface area contributed by atoms with Gasteiger partial charge in [0.15, 0.2) is 11.5 Å². The van der Waals surface area contributed by atoms with E-state index in [9.17, 15) is 4.79 Å². The van der Waals surface area contributed by atoms with Crippen LogP contribution in [0.1, 0.15) is 5.56 Å². The quantitative estimate of drug-likeness (QED) is 0.778. The lowest BCUT2D eigenvalue weighted by Crippen LogP contribution is -2.15. The van der Waals surface area contributed by atoms with Gasteiger partial charge in [-0.15, -0.1) is 0 Å². The minimum Gasteiger partial charge on any atom is -0.486 e. The molecule has 0 fully saturated rings. The van der Waals surface area contributed by atoms with Crippen LogP contribution in [0.2, 0.25) is 0 Å². The van der Waals surface area contributed by atoms with Crippen LogP contribution in [0.5, 0.6) is 11.5 Å². The highest BCUT2D eigenvalue weighted by Crippen LogP contribution is 2.30. The summed E-state index contributed by atoms with van der Waals surface area (Å²) < 4.78 is 15.8. The van der Waals surface area contributed by atoms with Crippen molar-refractivity contribution in [2.24, 2.45) is 0 Å². The molecule has 1 aliphatic heterocycles. The van der Waals surface area contributed by atoms with Crippen molar-refractivity contribution in [2.45, 2.75) is 6.42 Å². The number of carboxylic acid groups (broad SMARTS) is 1. The third-order valence-electron chi connectivity index (χ3n) is 2.37. The topological polar surface area (TPSA) is 65.0 Å². The Morgan fingerprint density at radius 3 is 2.82 bits per heavy atom. The number of carboxylic acids is 1. The number of carbonyl (C=O) groups is 1. The highest BCUT2D eigenvalue weighted by molar-refractivity contribution is 5.67. The first-order valence-corrected chi connectivity index (χ1v) is 5.44. The largest absolute Gasteiger partial charge is 0.486 e. The molecule has 17 heavy (non-hydrogen) atoms. The zero-order valence-corrected chi connectivity index (χ0v) is 9.35. The number of ether oxygens (including phenoxy) is 3. The summed E-state index contributed by atoms with van der Waals surface area (Å²) in [4.78, 5) is 10.2. The molecule has 0 atom stereocenters. The smallest absolute Gasteiger partial charge is 0.329 e. The van der Waals surface area contributed by atoms with E-state index >= 15 is 0 Å². The van der Waals surface area contributed by atoms with Gasteiger partial charge in [-0.25, -0.2) is 4.79 Å². The summed E-state index contributed by atoms with van der Waals surface area (Å²) in [6.07, 6.45) is 0.657. The van der Waals surface area contributed by atoms with Crippen LogP contribution in [-0.2, 0) is 16.0 Å². The third kappa shape index (κ3) is 3.35. The molecule has 0 amide bonds. The Hall–Kier alpha value is -1.75. The standard InChI is InChI=1S/C12H14O5/c13-12(14)8-15-4-3-9-1-2-10-11(7-9)17-6-5-16-10/h1-2,7H,3-6,8H2,(H,13,14). The summed E-state index contributed by atoms with van der Waals surface area (Å²) in [5.74, 6) is 0.547. The van der Waals surface area contributed by atoms with Crippen LogP contribution in [-0.4, -0.2) is 37.5 Å². The molecule has 0 bridgehead atoms. The molecule has 1 aliphatic rings. The molecule has 0 saturated heterocycles. The summed E-state index contributed by atoms with van der Waals surface area (Å²) in [7, 11) is 0.